The second kappa shape index (κ2) is 12.5. The molecule has 1 unspecified atom stereocenters. The second-order valence-corrected chi connectivity index (χ2v) is 16.2. The molecule has 1 nitrogen and oxygen atoms in total. The third kappa shape index (κ3) is 4.62. The Balaban J connectivity index is 1.14. The average molecular weight is 742 g/mol. The van der Waals surface area contributed by atoms with E-state index in [1.165, 1.54) is 92.6 Å². The minimum Gasteiger partial charge on any atom is -0.310 e. The van der Waals surface area contributed by atoms with E-state index in [2.05, 4.69) is 217 Å². The Kier molecular flexibility index (Phi) is 7.08. The van der Waals surface area contributed by atoms with E-state index in [9.17, 15) is 0 Å². The van der Waals surface area contributed by atoms with Crippen molar-refractivity contribution in [3.8, 4) is 44.5 Å². The summed E-state index contributed by atoms with van der Waals surface area (Å²) in [4.78, 5) is 2.47. The number of fused-ring (bicyclic) bond motifs is 14. The van der Waals surface area contributed by atoms with Gasteiger partial charge in [-0.15, -0.1) is 11.3 Å². The second-order valence-electron chi connectivity index (χ2n) is 15.2. The van der Waals surface area contributed by atoms with Crippen molar-refractivity contribution in [1.82, 2.24) is 0 Å². The van der Waals surface area contributed by atoms with E-state index in [-0.39, 0.29) is 0 Å². The molecule has 1 aromatic heterocycles. The summed E-state index contributed by atoms with van der Waals surface area (Å²) in [6.07, 6.45) is 0. The van der Waals surface area contributed by atoms with Crippen molar-refractivity contribution >= 4 is 48.6 Å². The van der Waals surface area contributed by atoms with Gasteiger partial charge in [0.1, 0.15) is 0 Å². The van der Waals surface area contributed by atoms with Crippen LogP contribution >= 0.6 is 11.3 Å². The van der Waals surface area contributed by atoms with E-state index in [1.807, 2.05) is 11.3 Å². The summed E-state index contributed by atoms with van der Waals surface area (Å²) in [5.41, 5.74) is 18.4. The average Bonchev–Trinajstić information content (AvgIpc) is 3.92. The van der Waals surface area contributed by atoms with E-state index in [4.69, 9.17) is 0 Å². The molecule has 12 rings (SSSR count). The summed E-state index contributed by atoms with van der Waals surface area (Å²) >= 11 is 1.90. The summed E-state index contributed by atoms with van der Waals surface area (Å²) in [5, 5.41) is 2.71. The summed E-state index contributed by atoms with van der Waals surface area (Å²) in [7, 11) is 0. The lowest BCUT2D eigenvalue weighted by atomic mass is 9.69. The van der Waals surface area contributed by atoms with Crippen LogP contribution in [0.1, 0.15) is 22.3 Å². The highest BCUT2D eigenvalue weighted by molar-refractivity contribution is 7.25. The maximum absolute atomic E-state index is 2.47. The summed E-state index contributed by atoms with van der Waals surface area (Å²) in [6.45, 7) is 0. The van der Waals surface area contributed by atoms with Gasteiger partial charge in [-0.1, -0.05) is 170 Å². The SMILES string of the molecule is c1ccc(-c2ccc(N(c3ccc(-c4ccccc4)cc3)c3cccc4c3-c3ccccc3C43c4ccccc4-c4ccc5sc6ccccc6c5c43)cc2)cc1. The first-order chi connectivity index (χ1) is 28.3. The van der Waals surface area contributed by atoms with Crippen molar-refractivity contribution in [3.63, 3.8) is 0 Å². The zero-order chi connectivity index (χ0) is 37.5. The van der Waals surface area contributed by atoms with Crippen molar-refractivity contribution in [2.75, 3.05) is 4.90 Å². The van der Waals surface area contributed by atoms with Crippen molar-refractivity contribution in [2.24, 2.45) is 0 Å². The number of benzene rings is 9. The molecule has 2 heteroatoms. The molecule has 57 heavy (non-hydrogen) atoms. The summed E-state index contributed by atoms with van der Waals surface area (Å²) in [5.74, 6) is 0. The molecule has 0 N–H and O–H groups in total. The van der Waals surface area contributed by atoms with Gasteiger partial charge in [-0.3, -0.25) is 0 Å². The Morgan fingerprint density at radius 2 is 0.877 bits per heavy atom. The highest BCUT2D eigenvalue weighted by Crippen LogP contribution is 2.66. The number of anilines is 3. The molecule has 0 bridgehead atoms. The fraction of sp³-hybridized carbons (Fsp3) is 0.0182. The van der Waals surface area contributed by atoms with Crippen LogP contribution in [0, 0.1) is 0 Å². The molecule has 9 aromatic carbocycles. The van der Waals surface area contributed by atoms with Gasteiger partial charge in [0.2, 0.25) is 0 Å². The normalized spacial score (nSPS) is 14.7. The number of rotatable bonds is 5. The lowest BCUT2D eigenvalue weighted by Crippen LogP contribution is -2.26. The maximum Gasteiger partial charge on any atom is 0.0732 e. The fourth-order valence-electron chi connectivity index (χ4n) is 9.96. The molecule has 0 radical (unpaired) electrons. The molecule has 2 aliphatic rings. The molecule has 0 fully saturated rings. The van der Waals surface area contributed by atoms with Crippen molar-refractivity contribution < 1.29 is 0 Å². The van der Waals surface area contributed by atoms with Crippen molar-refractivity contribution in [3.05, 3.63) is 235 Å². The van der Waals surface area contributed by atoms with Crippen LogP contribution in [0.5, 0.6) is 0 Å². The monoisotopic (exact) mass is 741 g/mol. The predicted molar refractivity (Wildman–Crippen MR) is 241 cm³/mol. The zero-order valence-electron chi connectivity index (χ0n) is 31.1. The van der Waals surface area contributed by atoms with E-state index >= 15 is 0 Å². The lowest BCUT2D eigenvalue weighted by Gasteiger charge is -2.32. The summed E-state index contributed by atoms with van der Waals surface area (Å²) < 4.78 is 2.67. The quantitative estimate of drug-likeness (QED) is 0.170. The van der Waals surface area contributed by atoms with E-state index < -0.39 is 5.41 Å². The third-order valence-corrected chi connectivity index (χ3v) is 13.4. The van der Waals surface area contributed by atoms with Gasteiger partial charge < -0.3 is 4.90 Å². The first kappa shape index (κ1) is 32.3. The molecular formula is C55H35NS. The molecule has 1 atom stereocenters. The third-order valence-electron chi connectivity index (χ3n) is 12.3. The Morgan fingerprint density at radius 3 is 1.54 bits per heavy atom. The van der Waals surface area contributed by atoms with Crippen LogP contribution < -0.4 is 4.90 Å². The molecule has 0 aliphatic heterocycles. The lowest BCUT2D eigenvalue weighted by molar-refractivity contribution is 0.802. The molecule has 0 saturated carbocycles. The van der Waals surface area contributed by atoms with E-state index in [0.29, 0.717) is 0 Å². The Bertz CT molecular complexity index is 3080. The van der Waals surface area contributed by atoms with Crippen LogP contribution in [0.2, 0.25) is 0 Å². The van der Waals surface area contributed by atoms with Crippen LogP contribution in [-0.2, 0) is 5.41 Å². The largest absolute Gasteiger partial charge is 0.310 e. The minimum absolute atomic E-state index is 0.489. The predicted octanol–water partition coefficient (Wildman–Crippen LogP) is 15.2. The topological polar surface area (TPSA) is 3.24 Å². The number of hydrogen-bond donors (Lipinski definition) is 0. The Hall–Kier alpha value is -7.00. The number of thiophene rings is 1. The first-order valence-electron chi connectivity index (χ1n) is 19.7. The highest BCUT2D eigenvalue weighted by atomic mass is 32.1. The van der Waals surface area contributed by atoms with Crippen LogP contribution in [0.15, 0.2) is 212 Å². The Morgan fingerprint density at radius 1 is 0.351 bits per heavy atom. The molecule has 0 amide bonds. The van der Waals surface area contributed by atoms with Crippen LogP contribution in [0.4, 0.5) is 17.1 Å². The van der Waals surface area contributed by atoms with E-state index in [1.54, 1.807) is 0 Å². The molecular weight excluding hydrogens is 707 g/mol. The van der Waals surface area contributed by atoms with Gasteiger partial charge >= 0.3 is 0 Å². The number of hydrogen-bond acceptors (Lipinski definition) is 2. The smallest absolute Gasteiger partial charge is 0.0732 e. The van der Waals surface area contributed by atoms with Gasteiger partial charge in [-0.05, 0) is 104 Å². The van der Waals surface area contributed by atoms with Gasteiger partial charge in [-0.25, -0.2) is 0 Å². The molecule has 0 saturated heterocycles. The van der Waals surface area contributed by atoms with Crippen LogP contribution in [-0.4, -0.2) is 0 Å². The fourth-order valence-corrected chi connectivity index (χ4v) is 11.1. The van der Waals surface area contributed by atoms with Crippen LogP contribution in [0.25, 0.3) is 64.7 Å². The van der Waals surface area contributed by atoms with Crippen molar-refractivity contribution in [1.29, 1.82) is 0 Å². The van der Waals surface area contributed by atoms with Gasteiger partial charge in [0.15, 0.2) is 0 Å². The molecule has 10 aromatic rings. The summed E-state index contributed by atoms with van der Waals surface area (Å²) in [6, 6.07) is 78.6. The molecule has 1 heterocycles. The molecule has 266 valence electrons. The first-order valence-corrected chi connectivity index (χ1v) is 20.5. The van der Waals surface area contributed by atoms with E-state index in [0.717, 1.165) is 11.4 Å². The maximum atomic E-state index is 2.47. The Labute approximate surface area is 336 Å². The standard InChI is InChI=1S/C55H35NS/c1-3-14-36(15-4-1)38-26-30-40(31-27-38)56(41-32-28-39(29-33-41)37-16-5-2-6-17-37)49-24-13-23-48-52(49)44-19-8-11-22-47(44)55(48)46-21-10-7-18-42(46)43-34-35-51-53(54(43)55)45-20-9-12-25-50(45)57-51/h1-35H. The van der Waals surface area contributed by atoms with Gasteiger partial charge in [0, 0.05) is 37.1 Å². The minimum atomic E-state index is -0.489. The number of nitrogens with zero attached hydrogens (tertiary/aromatic N) is 1. The highest BCUT2D eigenvalue weighted by Gasteiger charge is 2.53. The van der Waals surface area contributed by atoms with Gasteiger partial charge in [0.05, 0.1) is 11.1 Å². The molecule has 1 spiro atoms. The van der Waals surface area contributed by atoms with Gasteiger partial charge in [0.25, 0.3) is 0 Å². The zero-order valence-corrected chi connectivity index (χ0v) is 31.9. The molecule has 2 aliphatic carbocycles. The van der Waals surface area contributed by atoms with Crippen molar-refractivity contribution in [2.45, 2.75) is 5.41 Å². The van der Waals surface area contributed by atoms with Gasteiger partial charge in [-0.2, -0.15) is 0 Å². The van der Waals surface area contributed by atoms with Crippen LogP contribution in [0.3, 0.4) is 0 Å².